The molecule has 4 rings (SSSR count). The van der Waals surface area contributed by atoms with Crippen LogP contribution in [0, 0.1) is 0 Å². The summed E-state index contributed by atoms with van der Waals surface area (Å²) in [6.07, 6.45) is 3.74. The number of methoxy groups -OCH3 is 2. The molecule has 0 unspecified atom stereocenters. The van der Waals surface area contributed by atoms with Crippen LogP contribution >= 0.6 is 11.6 Å². The lowest BCUT2D eigenvalue weighted by molar-refractivity contribution is 0.0673. The second-order valence-corrected chi connectivity index (χ2v) is 8.15. The van der Waals surface area contributed by atoms with Gasteiger partial charge in [-0.05, 0) is 49.2 Å². The van der Waals surface area contributed by atoms with E-state index in [0.29, 0.717) is 41.2 Å². The SMILES string of the molecule is COc1ccc(OC)c(CN(Cc2coc3ccc(Cl)cc3c2=O)C[C@@H]2CCCO2)c1. The van der Waals surface area contributed by atoms with Gasteiger partial charge in [0.1, 0.15) is 17.1 Å². The summed E-state index contributed by atoms with van der Waals surface area (Å²) < 4.78 is 22.5. The number of halogens is 1. The van der Waals surface area contributed by atoms with Gasteiger partial charge < -0.3 is 18.6 Å². The largest absolute Gasteiger partial charge is 0.497 e. The van der Waals surface area contributed by atoms with Crippen molar-refractivity contribution in [1.29, 1.82) is 0 Å². The number of hydrogen-bond donors (Lipinski definition) is 0. The minimum absolute atomic E-state index is 0.0707. The van der Waals surface area contributed by atoms with Gasteiger partial charge in [0.15, 0.2) is 5.43 Å². The third kappa shape index (κ3) is 5.03. The molecular weight excluding hydrogens is 418 g/mol. The first-order chi connectivity index (χ1) is 15.1. The van der Waals surface area contributed by atoms with Gasteiger partial charge in [-0.2, -0.15) is 0 Å². The standard InChI is InChI=1S/C24H26ClNO5/c1-28-19-6-8-22(29-2)16(10-19)12-26(14-20-4-3-9-30-20)13-17-15-31-23-7-5-18(25)11-21(23)24(17)27/h5-8,10-11,15,20H,3-4,9,12-14H2,1-2H3/t20-/m0/s1. The maximum absolute atomic E-state index is 13.1. The van der Waals surface area contributed by atoms with E-state index >= 15 is 0 Å². The highest BCUT2D eigenvalue weighted by atomic mass is 35.5. The summed E-state index contributed by atoms with van der Waals surface area (Å²) in [5, 5.41) is 0.996. The Morgan fingerprint density at radius 1 is 1.10 bits per heavy atom. The zero-order valence-electron chi connectivity index (χ0n) is 17.7. The molecule has 0 amide bonds. The van der Waals surface area contributed by atoms with Crippen LogP contribution in [-0.4, -0.2) is 38.4 Å². The van der Waals surface area contributed by atoms with Crippen molar-refractivity contribution in [2.24, 2.45) is 0 Å². The molecule has 6 nitrogen and oxygen atoms in total. The van der Waals surface area contributed by atoms with Crippen molar-refractivity contribution in [2.75, 3.05) is 27.4 Å². The fraction of sp³-hybridized carbons (Fsp3) is 0.375. The van der Waals surface area contributed by atoms with Gasteiger partial charge >= 0.3 is 0 Å². The van der Waals surface area contributed by atoms with E-state index in [9.17, 15) is 4.79 Å². The molecule has 0 saturated carbocycles. The van der Waals surface area contributed by atoms with Crippen molar-refractivity contribution in [3.05, 3.63) is 69.0 Å². The number of ether oxygens (including phenoxy) is 3. The molecule has 1 aromatic heterocycles. The van der Waals surface area contributed by atoms with Crippen LogP contribution in [0.2, 0.25) is 5.02 Å². The summed E-state index contributed by atoms with van der Waals surface area (Å²) in [5.41, 5.74) is 2.01. The van der Waals surface area contributed by atoms with Gasteiger partial charge in [0, 0.05) is 42.4 Å². The first-order valence-corrected chi connectivity index (χ1v) is 10.7. The molecule has 7 heteroatoms. The van der Waals surface area contributed by atoms with Crippen LogP contribution < -0.4 is 14.9 Å². The van der Waals surface area contributed by atoms with E-state index in [1.54, 1.807) is 38.7 Å². The minimum Gasteiger partial charge on any atom is -0.497 e. The molecule has 2 aromatic carbocycles. The van der Waals surface area contributed by atoms with Crippen molar-refractivity contribution in [3.63, 3.8) is 0 Å². The third-order valence-corrected chi connectivity index (χ3v) is 5.80. The fourth-order valence-corrected chi connectivity index (χ4v) is 4.17. The van der Waals surface area contributed by atoms with E-state index in [1.807, 2.05) is 18.2 Å². The lowest BCUT2D eigenvalue weighted by Gasteiger charge is -2.26. The van der Waals surface area contributed by atoms with Gasteiger partial charge in [-0.3, -0.25) is 9.69 Å². The van der Waals surface area contributed by atoms with Crippen molar-refractivity contribution in [1.82, 2.24) is 4.90 Å². The second kappa shape index (κ2) is 9.73. The maximum atomic E-state index is 13.1. The van der Waals surface area contributed by atoms with Crippen molar-refractivity contribution >= 4 is 22.6 Å². The van der Waals surface area contributed by atoms with E-state index in [0.717, 1.165) is 36.5 Å². The van der Waals surface area contributed by atoms with Crippen LogP contribution in [-0.2, 0) is 17.8 Å². The Bertz CT molecular complexity index is 1110. The second-order valence-electron chi connectivity index (χ2n) is 7.71. The number of benzene rings is 2. The summed E-state index contributed by atoms with van der Waals surface area (Å²) in [6.45, 7) is 2.48. The van der Waals surface area contributed by atoms with Gasteiger partial charge in [0.2, 0.25) is 0 Å². The number of rotatable bonds is 8. The fourth-order valence-electron chi connectivity index (χ4n) is 4.00. The number of fused-ring (bicyclic) bond motifs is 1. The molecule has 0 N–H and O–H groups in total. The Balaban J connectivity index is 1.65. The zero-order valence-corrected chi connectivity index (χ0v) is 18.5. The number of hydrogen-bond acceptors (Lipinski definition) is 6. The van der Waals surface area contributed by atoms with E-state index < -0.39 is 0 Å². The average Bonchev–Trinajstić information content (AvgIpc) is 3.29. The minimum atomic E-state index is -0.0707. The lowest BCUT2D eigenvalue weighted by Crippen LogP contribution is -2.33. The molecule has 3 aromatic rings. The molecule has 1 fully saturated rings. The predicted molar refractivity (Wildman–Crippen MR) is 120 cm³/mol. The molecule has 1 atom stereocenters. The van der Waals surface area contributed by atoms with E-state index in [-0.39, 0.29) is 11.5 Å². The van der Waals surface area contributed by atoms with Crippen LogP contribution in [0.5, 0.6) is 11.5 Å². The molecule has 0 radical (unpaired) electrons. The van der Waals surface area contributed by atoms with E-state index in [4.69, 9.17) is 30.2 Å². The molecule has 2 heterocycles. The Labute approximate surface area is 186 Å². The van der Waals surface area contributed by atoms with Crippen molar-refractivity contribution in [3.8, 4) is 11.5 Å². The van der Waals surface area contributed by atoms with Crippen LogP contribution in [0.25, 0.3) is 11.0 Å². The van der Waals surface area contributed by atoms with Crippen LogP contribution in [0.1, 0.15) is 24.0 Å². The highest BCUT2D eigenvalue weighted by molar-refractivity contribution is 6.31. The Morgan fingerprint density at radius 3 is 2.68 bits per heavy atom. The van der Waals surface area contributed by atoms with Crippen LogP contribution in [0.4, 0.5) is 0 Å². The van der Waals surface area contributed by atoms with Gasteiger partial charge in [-0.15, -0.1) is 0 Å². The lowest BCUT2D eigenvalue weighted by atomic mass is 10.1. The molecule has 31 heavy (non-hydrogen) atoms. The van der Waals surface area contributed by atoms with Gasteiger partial charge in [-0.1, -0.05) is 11.6 Å². The Hall–Kier alpha value is -2.54. The Morgan fingerprint density at radius 2 is 1.94 bits per heavy atom. The molecule has 1 saturated heterocycles. The highest BCUT2D eigenvalue weighted by Crippen LogP contribution is 2.27. The molecular formula is C24H26ClNO5. The molecule has 0 aliphatic carbocycles. The number of nitrogens with zero attached hydrogens (tertiary/aromatic N) is 1. The molecule has 1 aliphatic heterocycles. The normalized spacial score (nSPS) is 16.2. The van der Waals surface area contributed by atoms with Gasteiger partial charge in [0.05, 0.1) is 32.0 Å². The summed E-state index contributed by atoms with van der Waals surface area (Å²) in [7, 11) is 3.29. The third-order valence-electron chi connectivity index (χ3n) is 5.57. The zero-order chi connectivity index (χ0) is 21.8. The monoisotopic (exact) mass is 443 g/mol. The summed E-state index contributed by atoms with van der Waals surface area (Å²) >= 11 is 6.10. The van der Waals surface area contributed by atoms with Gasteiger partial charge in [0.25, 0.3) is 0 Å². The van der Waals surface area contributed by atoms with Crippen molar-refractivity contribution in [2.45, 2.75) is 32.0 Å². The molecule has 1 aliphatic rings. The average molecular weight is 444 g/mol. The maximum Gasteiger partial charge on any atom is 0.197 e. The summed E-state index contributed by atoms with van der Waals surface area (Å²) in [5.74, 6) is 1.53. The predicted octanol–water partition coefficient (Wildman–Crippen LogP) is 4.64. The smallest absolute Gasteiger partial charge is 0.197 e. The quantitative estimate of drug-likeness (QED) is 0.505. The van der Waals surface area contributed by atoms with Crippen molar-refractivity contribution < 1.29 is 18.6 Å². The molecule has 0 spiro atoms. The first-order valence-electron chi connectivity index (χ1n) is 10.3. The van der Waals surface area contributed by atoms with Crippen LogP contribution in [0.15, 0.2) is 51.9 Å². The summed E-state index contributed by atoms with van der Waals surface area (Å²) in [4.78, 5) is 15.3. The Kier molecular flexibility index (Phi) is 6.80. The molecule has 0 bridgehead atoms. The van der Waals surface area contributed by atoms with Gasteiger partial charge in [-0.25, -0.2) is 0 Å². The highest BCUT2D eigenvalue weighted by Gasteiger charge is 2.22. The van der Waals surface area contributed by atoms with E-state index in [1.165, 1.54) is 0 Å². The first kappa shape index (κ1) is 21.7. The molecule has 164 valence electrons. The summed E-state index contributed by atoms with van der Waals surface area (Å²) in [6, 6.07) is 10.8. The topological polar surface area (TPSA) is 61.1 Å². The van der Waals surface area contributed by atoms with Crippen LogP contribution in [0.3, 0.4) is 0 Å². The van der Waals surface area contributed by atoms with E-state index in [2.05, 4.69) is 4.90 Å².